The molecule has 0 bridgehead atoms. The molecular formula is C17H25N3O3S2. The number of para-hydroxylation sites is 1. The number of thiol groups is 1. The van der Waals surface area contributed by atoms with Crippen molar-refractivity contribution in [1.29, 1.82) is 0 Å². The highest BCUT2D eigenvalue weighted by molar-refractivity contribution is 7.96. The first-order chi connectivity index (χ1) is 11.8. The van der Waals surface area contributed by atoms with Gasteiger partial charge in [0.15, 0.2) is 5.11 Å². The zero-order chi connectivity index (χ0) is 18.8. The lowest BCUT2D eigenvalue weighted by molar-refractivity contribution is -0.126. The number of aliphatic hydroxyl groups is 1. The van der Waals surface area contributed by atoms with Crippen LogP contribution in [0.25, 0.3) is 0 Å². The topological polar surface area (TPSA) is 90.5 Å². The normalized spacial score (nSPS) is 13.0. The zero-order valence-electron chi connectivity index (χ0n) is 14.4. The molecule has 1 amide bonds. The molecule has 1 aromatic rings. The molecule has 0 aliphatic carbocycles. The molecule has 0 aliphatic rings. The van der Waals surface area contributed by atoms with Crippen LogP contribution in [0.4, 0.5) is 5.69 Å². The third kappa shape index (κ3) is 8.33. The number of rotatable bonds is 9. The first kappa shape index (κ1) is 21.4. The van der Waals surface area contributed by atoms with Gasteiger partial charge in [0.05, 0.1) is 6.04 Å². The molecule has 1 rings (SSSR count). The smallest absolute Gasteiger partial charge is 0.243 e. The van der Waals surface area contributed by atoms with E-state index >= 15 is 0 Å². The van der Waals surface area contributed by atoms with Crippen molar-refractivity contribution in [1.82, 2.24) is 10.6 Å². The average Bonchev–Trinajstić information content (AvgIpc) is 2.54. The van der Waals surface area contributed by atoms with Gasteiger partial charge in [-0.15, -0.1) is 12.6 Å². The van der Waals surface area contributed by atoms with Gasteiger partial charge in [-0.25, -0.2) is 0 Å². The highest BCUT2D eigenvalue weighted by Crippen LogP contribution is 2.09. The fourth-order valence-corrected chi connectivity index (χ4v) is 2.66. The highest BCUT2D eigenvalue weighted by atomic mass is 32.1. The number of carbonyl (C=O) groups excluding carboxylic acids is 2. The summed E-state index contributed by atoms with van der Waals surface area (Å²) in [6.45, 7) is 3.77. The third-order valence-corrected chi connectivity index (χ3v) is 3.92. The molecule has 8 heteroatoms. The van der Waals surface area contributed by atoms with E-state index in [-0.39, 0.29) is 24.9 Å². The van der Waals surface area contributed by atoms with Crippen LogP contribution in [-0.4, -0.2) is 39.9 Å². The van der Waals surface area contributed by atoms with E-state index in [9.17, 15) is 9.59 Å². The number of thiocarbonyl (C=S) groups is 1. The van der Waals surface area contributed by atoms with Gasteiger partial charge in [-0.3, -0.25) is 9.59 Å². The summed E-state index contributed by atoms with van der Waals surface area (Å²) in [6, 6.07) is 7.95. The first-order valence-corrected chi connectivity index (χ1v) is 8.95. The van der Waals surface area contributed by atoms with Crippen LogP contribution in [-0.2, 0) is 9.59 Å². The van der Waals surface area contributed by atoms with E-state index in [1.54, 1.807) is 0 Å². The fourth-order valence-electron chi connectivity index (χ4n) is 2.21. The van der Waals surface area contributed by atoms with Gasteiger partial charge in [-0.2, -0.15) is 0 Å². The minimum atomic E-state index is -0.826. The van der Waals surface area contributed by atoms with Gasteiger partial charge < -0.3 is 21.1 Å². The van der Waals surface area contributed by atoms with Gasteiger partial charge in [0.25, 0.3) is 0 Å². The largest absolute Gasteiger partial charge is 0.396 e. The Kier molecular flexibility index (Phi) is 9.48. The van der Waals surface area contributed by atoms with Gasteiger partial charge in [-0.05, 0) is 43.1 Å². The lowest BCUT2D eigenvalue weighted by atomic mass is 10.0. The van der Waals surface area contributed by atoms with Gasteiger partial charge in [0, 0.05) is 12.3 Å². The van der Waals surface area contributed by atoms with Gasteiger partial charge in [0.1, 0.15) is 6.04 Å². The zero-order valence-corrected chi connectivity index (χ0v) is 16.1. The highest BCUT2D eigenvalue weighted by Gasteiger charge is 2.25. The molecule has 138 valence electrons. The van der Waals surface area contributed by atoms with Crippen molar-refractivity contribution in [2.24, 2.45) is 5.92 Å². The number of aliphatic hydroxyl groups excluding tert-OH is 1. The minimum Gasteiger partial charge on any atom is -0.396 e. The lowest BCUT2D eigenvalue weighted by Crippen LogP contribution is -2.52. The van der Waals surface area contributed by atoms with Crippen LogP contribution in [0.1, 0.15) is 26.7 Å². The summed E-state index contributed by atoms with van der Waals surface area (Å²) in [5.41, 5.74) is 0.812. The quantitative estimate of drug-likeness (QED) is 0.329. The second kappa shape index (κ2) is 11.1. The lowest BCUT2D eigenvalue weighted by Gasteiger charge is -2.24. The second-order valence-corrected chi connectivity index (χ2v) is 6.91. The Balaban J connectivity index is 2.73. The van der Waals surface area contributed by atoms with E-state index in [0.29, 0.717) is 11.5 Å². The standard InChI is InChI=1S/C17H25N3O3S2/c1-11(2)10-14(15(22)19-13(8-9-21)16(23)24)20-17(25)18-12-6-4-3-5-7-12/h3-7,11,13-14,21H,8-10H2,1-2H3,(H,19,22)(H,23,24)(H2,18,20,25)/t13-,14-/m0/s1. The molecule has 1 aromatic carbocycles. The summed E-state index contributed by atoms with van der Waals surface area (Å²) in [5.74, 6) is -0.113. The van der Waals surface area contributed by atoms with Crippen LogP contribution in [0.3, 0.4) is 0 Å². The number of amides is 1. The molecule has 4 N–H and O–H groups in total. The molecule has 0 heterocycles. The molecule has 0 aromatic heterocycles. The summed E-state index contributed by atoms with van der Waals surface area (Å²) < 4.78 is 0. The molecule has 6 nitrogen and oxygen atoms in total. The Bertz CT molecular complexity index is 582. The van der Waals surface area contributed by atoms with Crippen LogP contribution in [0.5, 0.6) is 0 Å². The predicted octanol–water partition coefficient (Wildman–Crippen LogP) is 1.71. The van der Waals surface area contributed by atoms with Gasteiger partial charge >= 0.3 is 0 Å². The van der Waals surface area contributed by atoms with Crippen molar-refractivity contribution in [2.75, 3.05) is 11.9 Å². The van der Waals surface area contributed by atoms with Crippen LogP contribution in [0.2, 0.25) is 0 Å². The van der Waals surface area contributed by atoms with Crippen molar-refractivity contribution in [3.63, 3.8) is 0 Å². The Hall–Kier alpha value is -1.64. The second-order valence-electron chi connectivity index (χ2n) is 6.06. The Morgan fingerprint density at radius 1 is 1.16 bits per heavy atom. The summed E-state index contributed by atoms with van der Waals surface area (Å²) in [7, 11) is 0. The van der Waals surface area contributed by atoms with Crippen molar-refractivity contribution in [3.05, 3.63) is 30.3 Å². The molecule has 0 fully saturated rings. The van der Waals surface area contributed by atoms with E-state index in [2.05, 4.69) is 28.6 Å². The maximum atomic E-state index is 12.5. The molecule has 2 atom stereocenters. The minimum absolute atomic E-state index is 0.120. The maximum absolute atomic E-state index is 12.5. The maximum Gasteiger partial charge on any atom is 0.243 e. The number of anilines is 1. The monoisotopic (exact) mass is 383 g/mol. The van der Waals surface area contributed by atoms with Crippen LogP contribution in [0, 0.1) is 5.92 Å². The average molecular weight is 384 g/mol. The van der Waals surface area contributed by atoms with Gasteiger partial charge in [0.2, 0.25) is 11.0 Å². The van der Waals surface area contributed by atoms with Gasteiger partial charge in [-0.1, -0.05) is 32.0 Å². The summed E-state index contributed by atoms with van der Waals surface area (Å²) >= 11 is 9.03. The molecule has 0 radical (unpaired) electrons. The van der Waals surface area contributed by atoms with Crippen molar-refractivity contribution in [3.8, 4) is 0 Å². The molecule has 0 unspecified atom stereocenters. The van der Waals surface area contributed by atoms with E-state index < -0.39 is 17.2 Å². The number of benzene rings is 1. The van der Waals surface area contributed by atoms with E-state index in [1.165, 1.54) is 0 Å². The van der Waals surface area contributed by atoms with E-state index in [0.717, 1.165) is 5.69 Å². The van der Waals surface area contributed by atoms with Crippen molar-refractivity contribution >= 4 is 46.7 Å². The molecule has 0 saturated heterocycles. The molecule has 25 heavy (non-hydrogen) atoms. The SMILES string of the molecule is CC(C)C[C@H](NC(=S)Nc1ccccc1)C(=O)N[C@@H](CCO)C(=O)S. The Morgan fingerprint density at radius 2 is 1.80 bits per heavy atom. The number of hydrogen-bond acceptors (Lipinski definition) is 4. The predicted molar refractivity (Wildman–Crippen MR) is 107 cm³/mol. The van der Waals surface area contributed by atoms with Crippen LogP contribution in [0.15, 0.2) is 30.3 Å². The molecule has 0 saturated carbocycles. The Morgan fingerprint density at radius 3 is 2.32 bits per heavy atom. The van der Waals surface area contributed by atoms with E-state index in [1.807, 2.05) is 44.2 Å². The fraction of sp³-hybridized carbons (Fsp3) is 0.471. The van der Waals surface area contributed by atoms with E-state index in [4.69, 9.17) is 17.3 Å². The van der Waals surface area contributed by atoms with Crippen molar-refractivity contribution in [2.45, 2.75) is 38.8 Å². The summed E-state index contributed by atoms with van der Waals surface area (Å²) in [4.78, 5) is 24.0. The summed E-state index contributed by atoms with van der Waals surface area (Å²) in [5, 5.41) is 17.5. The number of nitrogens with one attached hydrogen (secondary N) is 3. The number of hydrogen-bond donors (Lipinski definition) is 5. The summed E-state index contributed by atoms with van der Waals surface area (Å²) in [6.07, 6.45) is 0.657. The van der Waals surface area contributed by atoms with Crippen LogP contribution >= 0.6 is 24.8 Å². The number of carbonyl (C=O) groups is 2. The van der Waals surface area contributed by atoms with Crippen LogP contribution < -0.4 is 16.0 Å². The van der Waals surface area contributed by atoms with Crippen molar-refractivity contribution < 1.29 is 14.7 Å². The first-order valence-electron chi connectivity index (χ1n) is 8.10. The Labute approximate surface area is 159 Å². The molecular weight excluding hydrogens is 358 g/mol. The third-order valence-electron chi connectivity index (χ3n) is 3.39. The molecule has 0 aliphatic heterocycles. The molecule has 0 spiro atoms.